The predicted molar refractivity (Wildman–Crippen MR) is 65.3 cm³/mol. The lowest BCUT2D eigenvalue weighted by atomic mass is 9.95. The fourth-order valence-corrected chi connectivity index (χ4v) is 1.98. The van der Waals surface area contributed by atoms with Crippen molar-refractivity contribution in [3.05, 3.63) is 11.3 Å². The molecule has 6 heteroatoms. The number of aryl methyl sites for hydroxylation is 2. The summed E-state index contributed by atoms with van der Waals surface area (Å²) in [4.78, 5) is 11.2. The second-order valence-electron chi connectivity index (χ2n) is 4.33. The molecule has 0 bridgehead atoms. The second kappa shape index (κ2) is 5.86. The van der Waals surface area contributed by atoms with E-state index < -0.39 is 6.10 Å². The van der Waals surface area contributed by atoms with Crippen molar-refractivity contribution in [2.45, 2.75) is 26.4 Å². The van der Waals surface area contributed by atoms with Crippen molar-refractivity contribution in [3.8, 4) is 5.88 Å². The van der Waals surface area contributed by atoms with Crippen LogP contribution in [-0.2, 0) is 16.6 Å². The minimum absolute atomic E-state index is 0.148. The van der Waals surface area contributed by atoms with E-state index in [1.54, 1.807) is 25.6 Å². The zero-order valence-electron chi connectivity index (χ0n) is 11.4. The SMILES string of the molecule is COC(=O)CC(C)C(O)c1c(C)nn(C)c1OC. The minimum Gasteiger partial charge on any atom is -0.481 e. The fraction of sp³-hybridized carbons (Fsp3) is 0.667. The first-order valence-corrected chi connectivity index (χ1v) is 5.74. The number of hydrogen-bond acceptors (Lipinski definition) is 5. The van der Waals surface area contributed by atoms with Gasteiger partial charge in [-0.2, -0.15) is 5.10 Å². The average Bonchev–Trinajstić information content (AvgIpc) is 2.61. The Morgan fingerprint density at radius 2 is 2.11 bits per heavy atom. The van der Waals surface area contributed by atoms with Gasteiger partial charge in [0.15, 0.2) is 0 Å². The van der Waals surface area contributed by atoms with Gasteiger partial charge >= 0.3 is 5.97 Å². The van der Waals surface area contributed by atoms with E-state index in [0.29, 0.717) is 17.1 Å². The number of rotatable bonds is 5. The van der Waals surface area contributed by atoms with E-state index in [2.05, 4.69) is 9.84 Å². The standard InChI is InChI=1S/C12H20N2O4/c1-7(6-9(15)17-4)11(16)10-8(2)13-14(3)12(10)18-5/h7,11,16H,6H2,1-5H3. The summed E-state index contributed by atoms with van der Waals surface area (Å²) in [5.74, 6) is -0.104. The molecule has 0 amide bonds. The highest BCUT2D eigenvalue weighted by Gasteiger charge is 2.27. The molecule has 0 radical (unpaired) electrons. The Morgan fingerprint density at radius 3 is 2.61 bits per heavy atom. The Hall–Kier alpha value is -1.56. The molecule has 2 atom stereocenters. The molecule has 0 fully saturated rings. The highest BCUT2D eigenvalue weighted by atomic mass is 16.5. The molecule has 0 spiro atoms. The van der Waals surface area contributed by atoms with Gasteiger partial charge in [-0.1, -0.05) is 6.92 Å². The number of methoxy groups -OCH3 is 2. The molecule has 1 N–H and O–H groups in total. The van der Waals surface area contributed by atoms with Gasteiger partial charge in [-0.3, -0.25) is 4.79 Å². The smallest absolute Gasteiger partial charge is 0.305 e. The van der Waals surface area contributed by atoms with Crippen LogP contribution in [0, 0.1) is 12.8 Å². The van der Waals surface area contributed by atoms with Crippen LogP contribution in [0.5, 0.6) is 5.88 Å². The quantitative estimate of drug-likeness (QED) is 0.795. The van der Waals surface area contributed by atoms with Gasteiger partial charge in [0.1, 0.15) is 0 Å². The lowest BCUT2D eigenvalue weighted by Crippen LogP contribution is -2.16. The number of carbonyl (C=O) groups excluding carboxylic acids is 1. The van der Waals surface area contributed by atoms with Crippen LogP contribution in [0.1, 0.15) is 30.7 Å². The van der Waals surface area contributed by atoms with E-state index in [9.17, 15) is 9.90 Å². The summed E-state index contributed by atoms with van der Waals surface area (Å²) >= 11 is 0. The summed E-state index contributed by atoms with van der Waals surface area (Å²) in [6.45, 7) is 3.58. The van der Waals surface area contributed by atoms with Crippen molar-refractivity contribution in [1.82, 2.24) is 9.78 Å². The molecule has 2 unspecified atom stereocenters. The van der Waals surface area contributed by atoms with E-state index in [1.807, 2.05) is 0 Å². The second-order valence-corrected chi connectivity index (χ2v) is 4.33. The van der Waals surface area contributed by atoms with Gasteiger partial charge in [-0.25, -0.2) is 4.68 Å². The van der Waals surface area contributed by atoms with E-state index >= 15 is 0 Å². The maximum Gasteiger partial charge on any atom is 0.305 e. The highest BCUT2D eigenvalue weighted by Crippen LogP contribution is 2.33. The lowest BCUT2D eigenvalue weighted by Gasteiger charge is -2.18. The van der Waals surface area contributed by atoms with Gasteiger partial charge in [-0.05, 0) is 12.8 Å². The molecule has 1 aromatic heterocycles. The number of aromatic nitrogens is 2. The number of esters is 1. The molecule has 1 aromatic rings. The third kappa shape index (κ3) is 2.81. The van der Waals surface area contributed by atoms with Crippen LogP contribution in [0.15, 0.2) is 0 Å². The van der Waals surface area contributed by atoms with Crippen LogP contribution < -0.4 is 4.74 Å². The molecule has 0 saturated carbocycles. The first-order valence-electron chi connectivity index (χ1n) is 5.74. The summed E-state index contributed by atoms with van der Waals surface area (Å²) in [7, 11) is 4.60. The number of carbonyl (C=O) groups is 1. The summed E-state index contributed by atoms with van der Waals surface area (Å²) in [6.07, 6.45) is -0.664. The van der Waals surface area contributed by atoms with Crippen molar-refractivity contribution in [3.63, 3.8) is 0 Å². The number of nitrogens with zero attached hydrogens (tertiary/aromatic N) is 2. The Bertz CT molecular complexity index is 428. The molecular weight excluding hydrogens is 236 g/mol. The van der Waals surface area contributed by atoms with Crippen LogP contribution >= 0.6 is 0 Å². The van der Waals surface area contributed by atoms with Crippen LogP contribution in [0.4, 0.5) is 0 Å². The first kappa shape index (κ1) is 14.5. The maximum atomic E-state index is 11.2. The van der Waals surface area contributed by atoms with E-state index in [4.69, 9.17) is 4.74 Å². The summed E-state index contributed by atoms with van der Waals surface area (Å²) < 4.78 is 11.4. The number of hydrogen-bond donors (Lipinski definition) is 1. The predicted octanol–water partition coefficient (Wildman–Crippen LogP) is 0.970. The van der Waals surface area contributed by atoms with Gasteiger partial charge in [0.05, 0.1) is 38.0 Å². The molecule has 0 aliphatic rings. The van der Waals surface area contributed by atoms with Crippen molar-refractivity contribution < 1.29 is 19.4 Å². The van der Waals surface area contributed by atoms with Crippen LogP contribution in [0.25, 0.3) is 0 Å². The average molecular weight is 256 g/mol. The Kier molecular flexibility index (Phi) is 4.72. The Morgan fingerprint density at radius 1 is 1.50 bits per heavy atom. The molecule has 0 aliphatic carbocycles. The Balaban J connectivity index is 2.95. The Labute approximate surface area is 107 Å². The molecule has 0 aliphatic heterocycles. The molecule has 1 heterocycles. The third-order valence-electron chi connectivity index (χ3n) is 2.96. The third-order valence-corrected chi connectivity index (χ3v) is 2.96. The van der Waals surface area contributed by atoms with E-state index in [0.717, 1.165) is 0 Å². The molecule has 0 saturated heterocycles. The molecular formula is C12H20N2O4. The molecule has 1 rings (SSSR count). The summed E-state index contributed by atoms with van der Waals surface area (Å²) in [5, 5.41) is 14.5. The van der Waals surface area contributed by atoms with Crippen molar-refractivity contribution in [2.75, 3.05) is 14.2 Å². The molecule has 0 aromatic carbocycles. The zero-order valence-corrected chi connectivity index (χ0v) is 11.4. The minimum atomic E-state index is -0.812. The van der Waals surface area contributed by atoms with E-state index in [1.165, 1.54) is 14.2 Å². The first-order chi connectivity index (χ1) is 8.42. The van der Waals surface area contributed by atoms with Crippen LogP contribution in [-0.4, -0.2) is 35.1 Å². The van der Waals surface area contributed by atoms with Gasteiger partial charge in [-0.15, -0.1) is 0 Å². The highest BCUT2D eigenvalue weighted by molar-refractivity contribution is 5.69. The van der Waals surface area contributed by atoms with Gasteiger partial charge in [0, 0.05) is 7.05 Å². The molecule has 18 heavy (non-hydrogen) atoms. The number of aliphatic hydroxyl groups is 1. The van der Waals surface area contributed by atoms with Crippen molar-refractivity contribution in [1.29, 1.82) is 0 Å². The monoisotopic (exact) mass is 256 g/mol. The van der Waals surface area contributed by atoms with Crippen molar-refractivity contribution >= 4 is 5.97 Å². The van der Waals surface area contributed by atoms with Crippen molar-refractivity contribution in [2.24, 2.45) is 13.0 Å². The molecule has 6 nitrogen and oxygen atoms in total. The van der Waals surface area contributed by atoms with Gasteiger partial charge in [0.2, 0.25) is 5.88 Å². The van der Waals surface area contributed by atoms with E-state index in [-0.39, 0.29) is 18.3 Å². The maximum absolute atomic E-state index is 11.2. The topological polar surface area (TPSA) is 73.6 Å². The largest absolute Gasteiger partial charge is 0.481 e. The van der Waals surface area contributed by atoms with Crippen LogP contribution in [0.2, 0.25) is 0 Å². The normalized spacial score (nSPS) is 14.1. The van der Waals surface area contributed by atoms with Gasteiger partial charge < -0.3 is 14.6 Å². The molecule has 102 valence electrons. The lowest BCUT2D eigenvalue weighted by molar-refractivity contribution is -0.142. The summed E-state index contributed by atoms with van der Waals surface area (Å²) in [6, 6.07) is 0. The van der Waals surface area contributed by atoms with Gasteiger partial charge in [0.25, 0.3) is 0 Å². The number of aliphatic hydroxyl groups excluding tert-OH is 1. The fourth-order valence-electron chi connectivity index (χ4n) is 1.98. The van der Waals surface area contributed by atoms with Crippen LogP contribution in [0.3, 0.4) is 0 Å². The number of ether oxygens (including phenoxy) is 2. The summed E-state index contributed by atoms with van der Waals surface area (Å²) in [5.41, 5.74) is 1.31. The zero-order chi connectivity index (χ0) is 13.9.